The van der Waals surface area contributed by atoms with Crippen molar-refractivity contribution in [2.75, 3.05) is 13.1 Å². The molecule has 0 radical (unpaired) electrons. The molecule has 2 aromatic heterocycles. The van der Waals surface area contributed by atoms with Gasteiger partial charge < -0.3 is 9.30 Å². The Morgan fingerprint density at radius 3 is 2.35 bits per heavy atom. The van der Waals surface area contributed by atoms with Crippen LogP contribution in [0.3, 0.4) is 0 Å². The first kappa shape index (κ1) is 23.7. The highest BCUT2D eigenvalue weighted by Crippen LogP contribution is 2.26. The first-order valence-corrected chi connectivity index (χ1v) is 10.7. The Labute approximate surface area is 192 Å². The van der Waals surface area contributed by atoms with Crippen LogP contribution in [0.5, 0.6) is 5.75 Å². The number of benzene rings is 1. The fraction of sp³-hybridized carbons (Fsp3) is 0.391. The topological polar surface area (TPSA) is 86.4 Å². The van der Waals surface area contributed by atoms with Gasteiger partial charge in [0.25, 0.3) is 0 Å². The minimum atomic E-state index is -4.73. The summed E-state index contributed by atoms with van der Waals surface area (Å²) in [5.41, 5.74) is 0.629. The van der Waals surface area contributed by atoms with E-state index in [-0.39, 0.29) is 17.6 Å². The lowest BCUT2D eigenvalue weighted by Crippen LogP contribution is -2.45. The van der Waals surface area contributed by atoms with Crippen molar-refractivity contribution in [3.63, 3.8) is 0 Å². The van der Waals surface area contributed by atoms with Crippen molar-refractivity contribution in [2.24, 2.45) is 7.05 Å². The molecule has 1 aliphatic rings. The van der Waals surface area contributed by atoms with Crippen molar-refractivity contribution >= 4 is 16.9 Å². The lowest BCUT2D eigenvalue weighted by molar-refractivity contribution is -0.274. The molecule has 0 saturated carbocycles. The highest BCUT2D eigenvalue weighted by atomic mass is 19.4. The number of hydrogen-bond acceptors (Lipinski definition) is 6. The zero-order valence-corrected chi connectivity index (χ0v) is 18.6. The van der Waals surface area contributed by atoms with Gasteiger partial charge in [-0.3, -0.25) is 23.9 Å². The summed E-state index contributed by atoms with van der Waals surface area (Å²) in [6.07, 6.45) is -2.14. The van der Waals surface area contributed by atoms with Gasteiger partial charge in [0.05, 0.1) is 5.52 Å². The molecule has 180 valence electrons. The maximum absolute atomic E-state index is 12.8. The lowest BCUT2D eigenvalue weighted by Gasteiger charge is -2.33. The minimum Gasteiger partial charge on any atom is -0.406 e. The minimum absolute atomic E-state index is 0.189. The molecule has 0 aliphatic carbocycles. The van der Waals surface area contributed by atoms with Gasteiger partial charge in [0.2, 0.25) is 0 Å². The molecular weight excluding hydrogens is 453 g/mol. The molecular formula is C23H23F3N4O4. The highest BCUT2D eigenvalue weighted by molar-refractivity contribution is 5.96. The molecule has 34 heavy (non-hydrogen) atoms. The van der Waals surface area contributed by atoms with E-state index < -0.39 is 17.5 Å². The maximum Gasteiger partial charge on any atom is 0.573 e. The van der Waals surface area contributed by atoms with Crippen LogP contribution in [0, 0.1) is 0 Å². The third kappa shape index (κ3) is 4.89. The Kier molecular flexibility index (Phi) is 6.30. The van der Waals surface area contributed by atoms with Crippen LogP contribution in [0.4, 0.5) is 13.2 Å². The second-order valence-corrected chi connectivity index (χ2v) is 8.36. The molecule has 0 unspecified atom stereocenters. The van der Waals surface area contributed by atoms with E-state index in [1.807, 2.05) is 0 Å². The quantitative estimate of drug-likeness (QED) is 0.416. The molecule has 11 heteroatoms. The van der Waals surface area contributed by atoms with Crippen molar-refractivity contribution in [3.8, 4) is 5.75 Å². The summed E-state index contributed by atoms with van der Waals surface area (Å²) in [5, 5.41) is 0. The van der Waals surface area contributed by atoms with E-state index in [1.54, 1.807) is 18.2 Å². The van der Waals surface area contributed by atoms with Crippen LogP contribution < -0.4 is 15.9 Å². The van der Waals surface area contributed by atoms with E-state index in [4.69, 9.17) is 0 Å². The number of ketones is 1. The average molecular weight is 476 g/mol. The van der Waals surface area contributed by atoms with Crippen molar-refractivity contribution in [1.29, 1.82) is 0 Å². The van der Waals surface area contributed by atoms with Gasteiger partial charge in [-0.2, -0.15) is 0 Å². The first-order valence-electron chi connectivity index (χ1n) is 10.7. The molecule has 0 spiro atoms. The van der Waals surface area contributed by atoms with Crippen LogP contribution >= 0.6 is 0 Å². The summed E-state index contributed by atoms with van der Waals surface area (Å²) in [4.78, 5) is 43.6. The second-order valence-electron chi connectivity index (χ2n) is 8.36. The predicted octanol–water partition coefficient (Wildman–Crippen LogP) is 3.03. The molecule has 1 aromatic carbocycles. The monoisotopic (exact) mass is 476 g/mol. The molecule has 8 nitrogen and oxygen atoms in total. The second kappa shape index (κ2) is 9.05. The zero-order valence-electron chi connectivity index (χ0n) is 18.6. The number of nitrogens with zero attached hydrogens (tertiary/aromatic N) is 4. The average Bonchev–Trinajstić information content (AvgIpc) is 2.79. The van der Waals surface area contributed by atoms with Crippen LogP contribution in [-0.2, 0) is 13.6 Å². The highest BCUT2D eigenvalue weighted by Gasteiger charge is 2.31. The van der Waals surface area contributed by atoms with E-state index >= 15 is 0 Å². The van der Waals surface area contributed by atoms with Crippen LogP contribution in [-0.4, -0.2) is 44.3 Å². The number of ether oxygens (including phenoxy) is 1. The summed E-state index contributed by atoms with van der Waals surface area (Å²) in [6.45, 7) is 3.19. The normalized spacial score (nSPS) is 15.6. The molecule has 3 aromatic rings. The van der Waals surface area contributed by atoms with Gasteiger partial charge in [0.1, 0.15) is 5.75 Å². The van der Waals surface area contributed by atoms with Crippen molar-refractivity contribution in [2.45, 2.75) is 38.7 Å². The lowest BCUT2D eigenvalue weighted by atomic mass is 10.0. The van der Waals surface area contributed by atoms with Gasteiger partial charge in [-0.05, 0) is 43.5 Å². The molecule has 0 bridgehead atoms. The number of Topliss-reactive ketones (excluding diaryl/α,β-unsaturated/α-hetero) is 1. The maximum atomic E-state index is 12.8. The van der Waals surface area contributed by atoms with Crippen molar-refractivity contribution in [1.82, 2.24) is 19.0 Å². The molecule has 0 amide bonds. The number of fused-ring (bicyclic) bond motifs is 1. The smallest absolute Gasteiger partial charge is 0.406 e. The Balaban J connectivity index is 1.51. The number of pyridine rings is 1. The molecule has 3 heterocycles. The number of halogens is 3. The van der Waals surface area contributed by atoms with Gasteiger partial charge in [-0.15, -0.1) is 13.2 Å². The summed E-state index contributed by atoms with van der Waals surface area (Å²) >= 11 is 0. The third-order valence-electron chi connectivity index (χ3n) is 6.04. The van der Waals surface area contributed by atoms with Crippen LogP contribution in [0.2, 0.25) is 0 Å². The number of carbonyl (C=O) groups excluding carboxylic acids is 1. The van der Waals surface area contributed by atoms with Crippen molar-refractivity contribution < 1.29 is 22.7 Å². The van der Waals surface area contributed by atoms with E-state index in [1.165, 1.54) is 41.4 Å². The van der Waals surface area contributed by atoms with Gasteiger partial charge in [-0.1, -0.05) is 12.1 Å². The zero-order chi connectivity index (χ0) is 24.6. The molecule has 0 atom stereocenters. The summed E-state index contributed by atoms with van der Waals surface area (Å²) in [5.74, 6) is -0.460. The standard InChI is InChI=1S/C23H23F3N4O4/c1-14(31)16-11-19-20(27-12-16)30(22(33)21(32)28(19)2)17-7-9-29(10-8-17)13-15-3-5-18(6-4-15)34-23(24,25)26/h3-6,11-12,17H,7-10,13H2,1-2H3. The first-order chi connectivity index (χ1) is 16.0. The van der Waals surface area contributed by atoms with Gasteiger partial charge in [0.15, 0.2) is 11.4 Å². The molecule has 4 rings (SSSR count). The molecule has 1 fully saturated rings. The van der Waals surface area contributed by atoms with E-state index in [0.29, 0.717) is 49.2 Å². The van der Waals surface area contributed by atoms with E-state index in [9.17, 15) is 27.6 Å². The Bertz CT molecular complexity index is 1340. The SMILES string of the molecule is CC(=O)c1cnc2c(c1)n(C)c(=O)c(=O)n2C1CCN(Cc2ccc(OC(F)(F)F)cc2)CC1. The van der Waals surface area contributed by atoms with Gasteiger partial charge in [0, 0.05) is 44.5 Å². The van der Waals surface area contributed by atoms with Crippen LogP contribution in [0.25, 0.3) is 11.2 Å². The van der Waals surface area contributed by atoms with E-state index in [2.05, 4.69) is 14.6 Å². The summed E-state index contributed by atoms with van der Waals surface area (Å²) in [7, 11) is 1.48. The number of carbonyl (C=O) groups is 1. The Morgan fingerprint density at radius 2 is 1.76 bits per heavy atom. The number of aryl methyl sites for hydroxylation is 1. The molecule has 1 aliphatic heterocycles. The number of rotatable bonds is 5. The number of likely N-dealkylation sites (tertiary alicyclic amines) is 1. The van der Waals surface area contributed by atoms with Crippen LogP contribution in [0.1, 0.15) is 41.7 Å². The fourth-order valence-corrected chi connectivity index (χ4v) is 4.25. The molecule has 1 saturated heterocycles. The number of hydrogen-bond donors (Lipinski definition) is 0. The number of piperidine rings is 1. The van der Waals surface area contributed by atoms with Gasteiger partial charge >= 0.3 is 17.5 Å². The number of aromatic nitrogens is 3. The van der Waals surface area contributed by atoms with E-state index in [0.717, 1.165) is 5.56 Å². The predicted molar refractivity (Wildman–Crippen MR) is 118 cm³/mol. The fourth-order valence-electron chi connectivity index (χ4n) is 4.25. The third-order valence-corrected chi connectivity index (χ3v) is 6.04. The van der Waals surface area contributed by atoms with Crippen molar-refractivity contribution in [3.05, 3.63) is 68.4 Å². The number of alkyl halides is 3. The summed E-state index contributed by atoms with van der Waals surface area (Å²) in [6, 6.07) is 7.07. The Hall–Kier alpha value is -3.47. The molecule has 0 N–H and O–H groups in total. The van der Waals surface area contributed by atoms with Crippen LogP contribution in [0.15, 0.2) is 46.1 Å². The Morgan fingerprint density at radius 1 is 1.12 bits per heavy atom. The van der Waals surface area contributed by atoms with Gasteiger partial charge in [-0.25, -0.2) is 4.98 Å². The summed E-state index contributed by atoms with van der Waals surface area (Å²) < 4.78 is 43.5. The largest absolute Gasteiger partial charge is 0.573 e.